The lowest BCUT2D eigenvalue weighted by atomic mass is 9.95. The molecule has 7 nitrogen and oxygen atoms in total. The fraction of sp³-hybridized carbons (Fsp3) is 0.391. The van der Waals surface area contributed by atoms with E-state index in [0.29, 0.717) is 24.2 Å². The Kier molecular flexibility index (Phi) is 6.27. The van der Waals surface area contributed by atoms with E-state index >= 15 is 0 Å². The quantitative estimate of drug-likeness (QED) is 0.715. The van der Waals surface area contributed by atoms with Gasteiger partial charge in [0.2, 0.25) is 5.91 Å². The Morgan fingerprint density at radius 2 is 1.65 bits per heavy atom. The van der Waals surface area contributed by atoms with Crippen molar-refractivity contribution in [3.63, 3.8) is 0 Å². The molecule has 1 aliphatic carbocycles. The fourth-order valence-corrected chi connectivity index (χ4v) is 5.29. The second kappa shape index (κ2) is 9.09. The Morgan fingerprint density at radius 3 is 2.32 bits per heavy atom. The van der Waals surface area contributed by atoms with Gasteiger partial charge in [-0.25, -0.2) is 8.42 Å². The molecular weight excluding hydrogens is 414 g/mol. The monoisotopic (exact) mass is 441 g/mol. The largest absolute Gasteiger partial charge is 0.349 e. The number of amides is 2. The van der Waals surface area contributed by atoms with Gasteiger partial charge in [-0.1, -0.05) is 31.4 Å². The number of hydrogen-bond donors (Lipinski definition) is 2. The molecule has 0 bridgehead atoms. The van der Waals surface area contributed by atoms with Crippen molar-refractivity contribution in [2.24, 2.45) is 0 Å². The molecule has 0 atom stereocenters. The molecule has 0 radical (unpaired) electrons. The zero-order chi connectivity index (χ0) is 21.8. The molecule has 1 saturated carbocycles. The topological polar surface area (TPSA) is 95.6 Å². The van der Waals surface area contributed by atoms with E-state index in [1.807, 2.05) is 0 Å². The highest BCUT2D eigenvalue weighted by Crippen LogP contribution is 2.25. The summed E-state index contributed by atoms with van der Waals surface area (Å²) in [6, 6.07) is 13.0. The van der Waals surface area contributed by atoms with Crippen molar-refractivity contribution in [3.05, 3.63) is 54.1 Å². The van der Waals surface area contributed by atoms with E-state index in [-0.39, 0.29) is 28.4 Å². The van der Waals surface area contributed by atoms with E-state index in [2.05, 4.69) is 10.0 Å². The molecule has 164 valence electrons. The number of carbonyl (C=O) groups excluding carboxylic acids is 2. The molecule has 2 aromatic rings. The molecule has 2 N–H and O–H groups in total. The van der Waals surface area contributed by atoms with Gasteiger partial charge in [0.25, 0.3) is 15.9 Å². The Balaban J connectivity index is 1.50. The third kappa shape index (κ3) is 4.90. The molecule has 2 amide bonds. The molecule has 1 aliphatic heterocycles. The van der Waals surface area contributed by atoms with Gasteiger partial charge in [-0.3, -0.25) is 14.3 Å². The third-order valence-corrected chi connectivity index (χ3v) is 7.27. The molecular formula is C23H27N3O4S. The summed E-state index contributed by atoms with van der Waals surface area (Å²) in [4.78, 5) is 26.4. The predicted molar refractivity (Wildman–Crippen MR) is 120 cm³/mol. The van der Waals surface area contributed by atoms with Crippen LogP contribution in [-0.2, 0) is 14.8 Å². The average molecular weight is 442 g/mol. The maximum absolute atomic E-state index is 12.9. The first-order chi connectivity index (χ1) is 14.9. The van der Waals surface area contributed by atoms with Gasteiger partial charge in [0, 0.05) is 24.7 Å². The number of nitrogens with one attached hydrogen (secondary N) is 2. The number of carbonyl (C=O) groups is 2. The number of benzene rings is 2. The summed E-state index contributed by atoms with van der Waals surface area (Å²) in [6.45, 7) is 0.645. The summed E-state index contributed by atoms with van der Waals surface area (Å²) in [5.41, 5.74) is 1.24. The molecule has 2 fully saturated rings. The van der Waals surface area contributed by atoms with Crippen LogP contribution in [0, 0.1) is 0 Å². The second-order valence-electron chi connectivity index (χ2n) is 8.10. The van der Waals surface area contributed by atoms with E-state index in [4.69, 9.17) is 0 Å². The van der Waals surface area contributed by atoms with E-state index in [1.54, 1.807) is 41.3 Å². The molecule has 0 aromatic heterocycles. The van der Waals surface area contributed by atoms with Crippen molar-refractivity contribution >= 4 is 33.2 Å². The van der Waals surface area contributed by atoms with Gasteiger partial charge in [0.1, 0.15) is 0 Å². The number of para-hydroxylation sites is 1. The minimum Gasteiger partial charge on any atom is -0.349 e. The van der Waals surface area contributed by atoms with E-state index < -0.39 is 10.0 Å². The minimum absolute atomic E-state index is 0.0478. The lowest BCUT2D eigenvalue weighted by Gasteiger charge is -2.23. The SMILES string of the molecule is O=C(NC1CCCCC1)c1ccccc1NS(=O)(=O)c1ccc(N2CCCC2=O)cc1. The van der Waals surface area contributed by atoms with Gasteiger partial charge in [0.05, 0.1) is 16.1 Å². The standard InChI is InChI=1S/C23H27N3O4S/c27-22-11-6-16-26(22)18-12-14-19(15-13-18)31(29,30)25-21-10-5-4-9-20(21)23(28)24-17-7-2-1-3-8-17/h4-5,9-10,12-15,17,25H,1-3,6-8,11,16H2,(H,24,28). The fourth-order valence-electron chi connectivity index (χ4n) is 4.21. The highest BCUT2D eigenvalue weighted by Gasteiger charge is 2.24. The number of sulfonamides is 1. The average Bonchev–Trinajstić information content (AvgIpc) is 3.20. The van der Waals surface area contributed by atoms with Crippen LogP contribution in [0.25, 0.3) is 0 Å². The van der Waals surface area contributed by atoms with Crippen LogP contribution in [0.1, 0.15) is 55.3 Å². The first-order valence-corrected chi connectivity index (χ1v) is 12.3. The molecule has 0 spiro atoms. The van der Waals surface area contributed by atoms with Crippen molar-refractivity contribution in [3.8, 4) is 0 Å². The lowest BCUT2D eigenvalue weighted by molar-refractivity contribution is -0.117. The Bertz CT molecular complexity index is 1060. The van der Waals surface area contributed by atoms with Crippen LogP contribution in [0.4, 0.5) is 11.4 Å². The van der Waals surface area contributed by atoms with Crippen molar-refractivity contribution in [1.82, 2.24) is 5.32 Å². The zero-order valence-electron chi connectivity index (χ0n) is 17.3. The maximum atomic E-state index is 12.9. The highest BCUT2D eigenvalue weighted by atomic mass is 32.2. The van der Waals surface area contributed by atoms with Crippen LogP contribution in [0.5, 0.6) is 0 Å². The van der Waals surface area contributed by atoms with E-state index in [9.17, 15) is 18.0 Å². The summed E-state index contributed by atoms with van der Waals surface area (Å²) in [6.07, 6.45) is 6.60. The molecule has 4 rings (SSSR count). The van der Waals surface area contributed by atoms with Crippen molar-refractivity contribution < 1.29 is 18.0 Å². The summed E-state index contributed by atoms with van der Waals surface area (Å²) in [5.74, 6) is -0.222. The summed E-state index contributed by atoms with van der Waals surface area (Å²) in [5, 5.41) is 3.03. The van der Waals surface area contributed by atoms with Crippen molar-refractivity contribution in [2.45, 2.75) is 55.9 Å². The summed E-state index contributed by atoms with van der Waals surface area (Å²) >= 11 is 0. The molecule has 1 heterocycles. The minimum atomic E-state index is -3.89. The van der Waals surface area contributed by atoms with Gasteiger partial charge in [-0.2, -0.15) is 0 Å². The Labute approximate surface area is 182 Å². The van der Waals surface area contributed by atoms with Gasteiger partial charge >= 0.3 is 0 Å². The Hall–Kier alpha value is -2.87. The van der Waals surface area contributed by atoms with Crippen LogP contribution >= 0.6 is 0 Å². The molecule has 31 heavy (non-hydrogen) atoms. The van der Waals surface area contributed by atoms with Crippen LogP contribution in [-0.4, -0.2) is 32.8 Å². The number of rotatable bonds is 6. The number of hydrogen-bond acceptors (Lipinski definition) is 4. The molecule has 1 saturated heterocycles. The normalized spacial score (nSPS) is 17.5. The van der Waals surface area contributed by atoms with Crippen LogP contribution in [0.15, 0.2) is 53.4 Å². The van der Waals surface area contributed by atoms with Crippen molar-refractivity contribution in [1.29, 1.82) is 0 Å². The molecule has 0 unspecified atom stereocenters. The lowest BCUT2D eigenvalue weighted by Crippen LogP contribution is -2.36. The van der Waals surface area contributed by atoms with Gasteiger partial charge in [-0.15, -0.1) is 0 Å². The van der Waals surface area contributed by atoms with Crippen LogP contribution in [0.3, 0.4) is 0 Å². The zero-order valence-corrected chi connectivity index (χ0v) is 18.2. The number of anilines is 2. The van der Waals surface area contributed by atoms with Crippen LogP contribution in [0.2, 0.25) is 0 Å². The number of nitrogens with zero attached hydrogens (tertiary/aromatic N) is 1. The van der Waals surface area contributed by atoms with Crippen molar-refractivity contribution in [2.75, 3.05) is 16.2 Å². The van der Waals surface area contributed by atoms with E-state index in [1.165, 1.54) is 18.6 Å². The van der Waals surface area contributed by atoms with Gasteiger partial charge in [-0.05, 0) is 55.7 Å². The smallest absolute Gasteiger partial charge is 0.261 e. The predicted octanol–water partition coefficient (Wildman–Crippen LogP) is 3.68. The van der Waals surface area contributed by atoms with Gasteiger partial charge < -0.3 is 10.2 Å². The third-order valence-electron chi connectivity index (χ3n) is 5.89. The molecule has 8 heteroatoms. The highest BCUT2D eigenvalue weighted by molar-refractivity contribution is 7.92. The summed E-state index contributed by atoms with van der Waals surface area (Å²) in [7, 11) is -3.89. The first-order valence-electron chi connectivity index (χ1n) is 10.8. The second-order valence-corrected chi connectivity index (χ2v) is 9.78. The Morgan fingerprint density at radius 1 is 0.935 bits per heavy atom. The summed E-state index contributed by atoms with van der Waals surface area (Å²) < 4.78 is 28.4. The maximum Gasteiger partial charge on any atom is 0.261 e. The van der Waals surface area contributed by atoms with Crippen LogP contribution < -0.4 is 14.9 Å². The first kappa shape index (κ1) is 21.4. The molecule has 2 aromatic carbocycles. The molecule has 2 aliphatic rings. The van der Waals surface area contributed by atoms with E-state index in [0.717, 1.165) is 32.1 Å². The van der Waals surface area contributed by atoms with Gasteiger partial charge in [0.15, 0.2) is 0 Å².